The molecule has 140 valence electrons. The number of hydrazone groups is 1. The van der Waals surface area contributed by atoms with Gasteiger partial charge in [-0.3, -0.25) is 9.48 Å². The lowest BCUT2D eigenvalue weighted by Crippen LogP contribution is -2.35. The summed E-state index contributed by atoms with van der Waals surface area (Å²) in [5.41, 5.74) is 12.5. The lowest BCUT2D eigenvalue weighted by atomic mass is 10.1. The van der Waals surface area contributed by atoms with E-state index in [1.807, 2.05) is 34.8 Å². The summed E-state index contributed by atoms with van der Waals surface area (Å²) in [4.78, 5) is 15.9. The van der Waals surface area contributed by atoms with Crippen LogP contribution in [0.3, 0.4) is 0 Å². The number of nitrogens with two attached hydrogens (primary N) is 1. The van der Waals surface area contributed by atoms with Gasteiger partial charge in [0.2, 0.25) is 5.91 Å². The molecule has 9 heteroatoms. The summed E-state index contributed by atoms with van der Waals surface area (Å²) < 4.78 is 1.93. The first-order chi connectivity index (χ1) is 13.0. The zero-order chi connectivity index (χ0) is 19.1. The summed E-state index contributed by atoms with van der Waals surface area (Å²) in [5.74, 6) is 6.52. The van der Waals surface area contributed by atoms with Crippen LogP contribution in [0.1, 0.15) is 29.3 Å². The number of benzene rings is 1. The Bertz CT molecular complexity index is 961. The number of amides is 1. The molecule has 2 aliphatic heterocycles. The smallest absolute Gasteiger partial charge is 0.219 e. The highest BCUT2D eigenvalue weighted by atomic mass is 16.2. The highest BCUT2D eigenvalue weighted by Gasteiger charge is 2.31. The number of amidine groups is 1. The standard InChI is InChI=1S/C18H22N8O/c1-11(27)25-7-6-15-14(10-25)18(23-24(15)2)26-8-5-12-3-4-13(9-16(12)26)17(21-19)22-20/h3-4,9,19H,5-8,10,20H2,1-2H3/b21-19?,22-17-. The van der Waals surface area contributed by atoms with Crippen LogP contribution in [0.5, 0.6) is 0 Å². The molecule has 0 aliphatic carbocycles. The van der Waals surface area contributed by atoms with Crippen molar-refractivity contribution < 1.29 is 4.79 Å². The second kappa shape index (κ2) is 6.49. The van der Waals surface area contributed by atoms with Gasteiger partial charge in [-0.1, -0.05) is 12.1 Å². The number of hydrogen-bond donors (Lipinski definition) is 2. The zero-order valence-electron chi connectivity index (χ0n) is 15.4. The van der Waals surface area contributed by atoms with Crippen molar-refractivity contribution in [3.63, 3.8) is 0 Å². The number of anilines is 2. The third-order valence-electron chi connectivity index (χ3n) is 5.39. The topological polar surface area (TPSA) is 116 Å². The number of rotatable bonds is 2. The minimum Gasteiger partial charge on any atom is -0.338 e. The fourth-order valence-corrected chi connectivity index (χ4v) is 3.96. The van der Waals surface area contributed by atoms with Crippen LogP contribution in [-0.2, 0) is 31.2 Å². The van der Waals surface area contributed by atoms with Gasteiger partial charge in [0.1, 0.15) is 0 Å². The van der Waals surface area contributed by atoms with Crippen LogP contribution in [0.4, 0.5) is 11.5 Å². The lowest BCUT2D eigenvalue weighted by molar-refractivity contribution is -0.129. The average molecular weight is 366 g/mol. The van der Waals surface area contributed by atoms with Crippen LogP contribution in [-0.4, -0.2) is 39.5 Å². The first kappa shape index (κ1) is 17.2. The van der Waals surface area contributed by atoms with E-state index in [0.717, 1.165) is 43.0 Å². The number of nitrogens with zero attached hydrogens (tertiary/aromatic N) is 6. The van der Waals surface area contributed by atoms with Gasteiger partial charge in [0.25, 0.3) is 0 Å². The highest BCUT2D eigenvalue weighted by molar-refractivity contribution is 6.00. The molecule has 0 unspecified atom stereocenters. The first-order valence-electron chi connectivity index (χ1n) is 8.90. The number of aryl methyl sites for hydroxylation is 1. The molecule has 2 aliphatic rings. The van der Waals surface area contributed by atoms with E-state index >= 15 is 0 Å². The second-order valence-corrected chi connectivity index (χ2v) is 6.87. The molecule has 1 amide bonds. The third-order valence-corrected chi connectivity index (χ3v) is 5.39. The Labute approximate surface area is 156 Å². The van der Waals surface area contributed by atoms with E-state index in [9.17, 15) is 4.79 Å². The molecular weight excluding hydrogens is 344 g/mol. The summed E-state index contributed by atoms with van der Waals surface area (Å²) in [5, 5.41) is 11.8. The van der Waals surface area contributed by atoms with Gasteiger partial charge in [0, 0.05) is 56.0 Å². The molecular formula is C18H22N8O. The van der Waals surface area contributed by atoms with Gasteiger partial charge < -0.3 is 15.6 Å². The van der Waals surface area contributed by atoms with Gasteiger partial charge in [-0.25, -0.2) is 5.53 Å². The van der Waals surface area contributed by atoms with Gasteiger partial charge in [-0.15, -0.1) is 5.11 Å². The predicted molar refractivity (Wildman–Crippen MR) is 101 cm³/mol. The van der Waals surface area contributed by atoms with Gasteiger partial charge in [-0.2, -0.15) is 10.2 Å². The monoisotopic (exact) mass is 366 g/mol. The normalized spacial score (nSPS) is 16.3. The SMILES string of the molecule is CC(=O)N1CCc2c(c(N3CCc4ccc(/C(N=N)=N/N)cc43)nn2C)C1. The van der Waals surface area contributed by atoms with E-state index in [1.165, 1.54) is 11.3 Å². The van der Waals surface area contributed by atoms with E-state index in [2.05, 4.69) is 15.1 Å². The quantitative estimate of drug-likeness (QED) is 0.276. The van der Waals surface area contributed by atoms with E-state index in [0.29, 0.717) is 12.1 Å². The number of carbonyl (C=O) groups excluding carboxylic acids is 1. The van der Waals surface area contributed by atoms with Crippen molar-refractivity contribution in [2.45, 2.75) is 26.3 Å². The van der Waals surface area contributed by atoms with Gasteiger partial charge >= 0.3 is 0 Å². The van der Waals surface area contributed by atoms with Crippen molar-refractivity contribution in [3.8, 4) is 0 Å². The number of carbonyl (C=O) groups is 1. The zero-order valence-corrected chi connectivity index (χ0v) is 15.4. The molecule has 0 saturated heterocycles. The molecule has 0 fully saturated rings. The number of hydrogen-bond acceptors (Lipinski definition) is 6. The second-order valence-electron chi connectivity index (χ2n) is 6.87. The van der Waals surface area contributed by atoms with E-state index in [-0.39, 0.29) is 11.7 Å². The van der Waals surface area contributed by atoms with E-state index in [4.69, 9.17) is 16.5 Å². The Morgan fingerprint density at radius 2 is 2.11 bits per heavy atom. The fourth-order valence-electron chi connectivity index (χ4n) is 3.96. The minimum absolute atomic E-state index is 0.0837. The van der Waals surface area contributed by atoms with Crippen molar-refractivity contribution in [2.24, 2.45) is 23.1 Å². The molecule has 0 radical (unpaired) electrons. The number of aromatic nitrogens is 2. The summed E-state index contributed by atoms with van der Waals surface area (Å²) in [6.07, 6.45) is 1.71. The Morgan fingerprint density at radius 1 is 1.30 bits per heavy atom. The average Bonchev–Trinajstić information content (AvgIpc) is 3.23. The van der Waals surface area contributed by atoms with Gasteiger partial charge in [0.05, 0.1) is 6.54 Å². The molecule has 2 aromatic rings. The number of nitrogens with one attached hydrogen (secondary N) is 1. The summed E-state index contributed by atoms with van der Waals surface area (Å²) in [7, 11) is 1.96. The fraction of sp³-hybridized carbons (Fsp3) is 0.389. The molecule has 4 rings (SSSR count). The van der Waals surface area contributed by atoms with Crippen molar-refractivity contribution in [3.05, 3.63) is 40.6 Å². The lowest BCUT2D eigenvalue weighted by Gasteiger charge is -2.28. The van der Waals surface area contributed by atoms with Crippen molar-refractivity contribution in [2.75, 3.05) is 18.0 Å². The van der Waals surface area contributed by atoms with E-state index < -0.39 is 0 Å². The molecule has 1 aromatic heterocycles. The third kappa shape index (κ3) is 2.75. The molecule has 0 spiro atoms. The molecule has 0 bridgehead atoms. The molecule has 3 N–H and O–H groups in total. The maximum Gasteiger partial charge on any atom is 0.219 e. The van der Waals surface area contributed by atoms with Crippen LogP contribution < -0.4 is 10.7 Å². The van der Waals surface area contributed by atoms with Gasteiger partial charge in [0.15, 0.2) is 11.7 Å². The Balaban J connectivity index is 1.77. The maximum atomic E-state index is 11.9. The number of fused-ring (bicyclic) bond motifs is 2. The van der Waals surface area contributed by atoms with Crippen molar-refractivity contribution in [1.82, 2.24) is 14.7 Å². The molecule has 0 atom stereocenters. The minimum atomic E-state index is 0.0837. The largest absolute Gasteiger partial charge is 0.338 e. The summed E-state index contributed by atoms with van der Waals surface area (Å²) >= 11 is 0. The van der Waals surface area contributed by atoms with Crippen LogP contribution >= 0.6 is 0 Å². The van der Waals surface area contributed by atoms with Crippen LogP contribution in [0.25, 0.3) is 0 Å². The highest BCUT2D eigenvalue weighted by Crippen LogP contribution is 2.38. The first-order valence-corrected chi connectivity index (χ1v) is 8.90. The Hall–Kier alpha value is -3.23. The van der Waals surface area contributed by atoms with Crippen LogP contribution in [0.2, 0.25) is 0 Å². The van der Waals surface area contributed by atoms with Crippen LogP contribution in [0, 0.1) is 5.53 Å². The van der Waals surface area contributed by atoms with Crippen LogP contribution in [0.15, 0.2) is 28.4 Å². The maximum absolute atomic E-state index is 11.9. The summed E-state index contributed by atoms with van der Waals surface area (Å²) in [6, 6.07) is 5.87. The Morgan fingerprint density at radius 3 is 2.81 bits per heavy atom. The molecule has 0 saturated carbocycles. The summed E-state index contributed by atoms with van der Waals surface area (Å²) in [6.45, 7) is 3.73. The Kier molecular flexibility index (Phi) is 4.14. The molecule has 9 nitrogen and oxygen atoms in total. The van der Waals surface area contributed by atoms with E-state index in [1.54, 1.807) is 6.92 Å². The van der Waals surface area contributed by atoms with Crippen molar-refractivity contribution >= 4 is 23.2 Å². The predicted octanol–water partition coefficient (Wildman–Crippen LogP) is 1.67. The molecule has 27 heavy (non-hydrogen) atoms. The van der Waals surface area contributed by atoms with Gasteiger partial charge in [-0.05, 0) is 18.1 Å². The van der Waals surface area contributed by atoms with Crippen molar-refractivity contribution in [1.29, 1.82) is 5.53 Å². The molecule has 1 aromatic carbocycles. The molecule has 3 heterocycles.